The van der Waals surface area contributed by atoms with Crippen LogP contribution in [-0.2, 0) is 7.05 Å². The molecule has 5 aromatic rings. The van der Waals surface area contributed by atoms with E-state index in [1.165, 1.54) is 22.7 Å². The zero-order chi connectivity index (χ0) is 20.0. The summed E-state index contributed by atoms with van der Waals surface area (Å²) in [6.07, 6.45) is 5.19. The lowest BCUT2D eigenvalue weighted by Crippen LogP contribution is -2.09. The lowest BCUT2D eigenvalue weighted by atomic mass is 10.1. The fraction of sp³-hybridized carbons (Fsp3) is 0.100. The molecular weight excluding hydrogens is 404 g/mol. The van der Waals surface area contributed by atoms with E-state index in [4.69, 9.17) is 0 Å². The Kier molecular flexibility index (Phi) is 4.26. The second kappa shape index (κ2) is 6.94. The third-order valence-electron chi connectivity index (χ3n) is 4.56. The third kappa shape index (κ3) is 3.24. The van der Waals surface area contributed by atoms with Crippen molar-refractivity contribution in [3.05, 3.63) is 58.8 Å². The predicted octanol–water partition coefficient (Wildman–Crippen LogP) is 4.71. The van der Waals surface area contributed by atoms with Gasteiger partial charge in [0.05, 0.1) is 18.1 Å². The Bertz CT molecular complexity index is 1340. The van der Waals surface area contributed by atoms with Crippen molar-refractivity contribution in [2.24, 2.45) is 7.05 Å². The minimum atomic E-state index is -0.214. The van der Waals surface area contributed by atoms with Crippen molar-refractivity contribution in [2.45, 2.75) is 6.92 Å². The number of anilines is 1. The molecule has 0 aliphatic heterocycles. The molecule has 5 rings (SSSR count). The molecule has 7 nitrogen and oxygen atoms in total. The van der Waals surface area contributed by atoms with E-state index in [1.807, 2.05) is 43.7 Å². The van der Waals surface area contributed by atoms with Crippen LogP contribution in [0.15, 0.2) is 48.2 Å². The summed E-state index contributed by atoms with van der Waals surface area (Å²) in [7, 11) is 1.85. The molecule has 0 saturated heterocycles. The molecule has 2 N–H and O–H groups in total. The lowest BCUT2D eigenvalue weighted by molar-refractivity contribution is 0.103. The van der Waals surface area contributed by atoms with Crippen LogP contribution in [0.25, 0.3) is 32.7 Å². The second-order valence-corrected chi connectivity index (χ2v) is 8.48. The van der Waals surface area contributed by atoms with Gasteiger partial charge in [0.15, 0.2) is 5.13 Å². The Balaban J connectivity index is 1.38. The zero-order valence-electron chi connectivity index (χ0n) is 15.6. The van der Waals surface area contributed by atoms with Crippen LogP contribution in [0.2, 0.25) is 0 Å². The molecule has 0 spiro atoms. The van der Waals surface area contributed by atoms with Crippen LogP contribution in [0.3, 0.4) is 0 Å². The highest BCUT2D eigenvalue weighted by atomic mass is 32.1. The molecule has 0 radical (unpaired) electrons. The summed E-state index contributed by atoms with van der Waals surface area (Å²) >= 11 is 2.74. The maximum Gasteiger partial charge on any atom is 0.269 e. The van der Waals surface area contributed by atoms with Gasteiger partial charge in [0.1, 0.15) is 9.88 Å². The molecule has 0 aliphatic rings. The number of rotatable bonds is 4. The van der Waals surface area contributed by atoms with Gasteiger partial charge in [-0.1, -0.05) is 18.2 Å². The summed E-state index contributed by atoms with van der Waals surface area (Å²) in [6.45, 7) is 2.03. The van der Waals surface area contributed by atoms with Crippen molar-refractivity contribution >= 4 is 44.6 Å². The number of thiazole rings is 2. The second-order valence-electron chi connectivity index (χ2n) is 6.59. The minimum absolute atomic E-state index is 0.214. The highest BCUT2D eigenvalue weighted by Gasteiger charge is 2.17. The van der Waals surface area contributed by atoms with Gasteiger partial charge < -0.3 is 4.98 Å². The maximum atomic E-state index is 12.6. The van der Waals surface area contributed by atoms with Gasteiger partial charge in [-0.25, -0.2) is 9.97 Å². The first-order valence-electron chi connectivity index (χ1n) is 8.88. The van der Waals surface area contributed by atoms with E-state index >= 15 is 0 Å². The Labute approximate surface area is 174 Å². The summed E-state index contributed by atoms with van der Waals surface area (Å²) in [5.41, 5.74) is 4.93. The van der Waals surface area contributed by atoms with Crippen molar-refractivity contribution < 1.29 is 4.79 Å². The fourth-order valence-corrected chi connectivity index (χ4v) is 4.74. The van der Waals surface area contributed by atoms with Gasteiger partial charge in [-0.15, -0.1) is 22.7 Å². The van der Waals surface area contributed by atoms with Crippen LogP contribution in [0.4, 0.5) is 5.13 Å². The molecule has 0 bridgehead atoms. The van der Waals surface area contributed by atoms with Crippen molar-refractivity contribution in [3.8, 4) is 21.8 Å². The summed E-state index contributed by atoms with van der Waals surface area (Å²) in [4.78, 5) is 25.5. The summed E-state index contributed by atoms with van der Waals surface area (Å²) in [6, 6.07) is 8.13. The maximum absolute atomic E-state index is 12.6. The number of aryl methyl sites for hydroxylation is 2. The number of fused-ring (bicyclic) bond motifs is 1. The predicted molar refractivity (Wildman–Crippen MR) is 116 cm³/mol. The average Bonchev–Trinajstić information content (AvgIpc) is 3.46. The first kappa shape index (κ1) is 17.8. The number of hydrogen-bond donors (Lipinski definition) is 2. The van der Waals surface area contributed by atoms with E-state index in [2.05, 4.69) is 31.4 Å². The number of carbonyl (C=O) groups is 1. The van der Waals surface area contributed by atoms with Crippen LogP contribution >= 0.6 is 22.7 Å². The number of hydrogen-bond acceptors (Lipinski definition) is 6. The number of aromatic amines is 1. The average molecular weight is 421 g/mol. The first-order chi connectivity index (χ1) is 14.1. The Morgan fingerprint density at radius 2 is 2.10 bits per heavy atom. The van der Waals surface area contributed by atoms with Gasteiger partial charge in [-0.3, -0.25) is 14.8 Å². The van der Waals surface area contributed by atoms with Crippen molar-refractivity contribution in [1.29, 1.82) is 0 Å². The molecule has 4 aromatic heterocycles. The van der Waals surface area contributed by atoms with Crippen molar-refractivity contribution in [2.75, 3.05) is 5.32 Å². The first-order valence-corrected chi connectivity index (χ1v) is 10.6. The van der Waals surface area contributed by atoms with E-state index in [-0.39, 0.29) is 5.91 Å². The monoisotopic (exact) mass is 420 g/mol. The molecule has 144 valence electrons. The Morgan fingerprint density at radius 3 is 2.93 bits per heavy atom. The van der Waals surface area contributed by atoms with Crippen LogP contribution < -0.4 is 5.32 Å². The highest BCUT2D eigenvalue weighted by molar-refractivity contribution is 7.17. The molecule has 9 heteroatoms. The number of H-pyrrole nitrogens is 1. The number of para-hydroxylation sites is 1. The normalized spacial score (nSPS) is 11.2. The molecule has 4 heterocycles. The summed E-state index contributed by atoms with van der Waals surface area (Å²) in [5, 5.41) is 11.4. The molecule has 0 saturated carbocycles. The SMILES string of the molecule is Cc1[nH]c2ccccc2c1-c1csc(NC(=O)c2cnc(-c3cnn(C)c3)s2)n1. The molecule has 29 heavy (non-hydrogen) atoms. The minimum Gasteiger partial charge on any atom is -0.358 e. The van der Waals surface area contributed by atoms with Gasteiger partial charge in [-0.2, -0.15) is 5.10 Å². The summed E-state index contributed by atoms with van der Waals surface area (Å²) < 4.78 is 1.71. The molecule has 0 atom stereocenters. The number of benzene rings is 1. The topological polar surface area (TPSA) is 88.5 Å². The third-order valence-corrected chi connectivity index (χ3v) is 6.36. The van der Waals surface area contributed by atoms with Gasteiger partial charge in [-0.05, 0) is 13.0 Å². The number of nitrogens with zero attached hydrogens (tertiary/aromatic N) is 4. The molecule has 1 amide bonds. The number of aromatic nitrogens is 5. The van der Waals surface area contributed by atoms with Gasteiger partial charge >= 0.3 is 0 Å². The van der Waals surface area contributed by atoms with Crippen LogP contribution in [0.1, 0.15) is 15.4 Å². The van der Waals surface area contributed by atoms with E-state index in [0.29, 0.717) is 10.0 Å². The smallest absolute Gasteiger partial charge is 0.269 e. The number of carbonyl (C=O) groups excluding carboxylic acids is 1. The summed E-state index contributed by atoms with van der Waals surface area (Å²) in [5.74, 6) is -0.214. The number of nitrogens with one attached hydrogen (secondary N) is 2. The van der Waals surface area contributed by atoms with E-state index < -0.39 is 0 Å². The van der Waals surface area contributed by atoms with Crippen molar-refractivity contribution in [3.63, 3.8) is 0 Å². The highest BCUT2D eigenvalue weighted by Crippen LogP contribution is 2.34. The van der Waals surface area contributed by atoms with Gasteiger partial charge in [0.25, 0.3) is 5.91 Å². The van der Waals surface area contributed by atoms with E-state index in [9.17, 15) is 4.79 Å². The molecule has 1 aromatic carbocycles. The van der Waals surface area contributed by atoms with E-state index in [0.717, 1.165) is 38.4 Å². The Hall–Kier alpha value is -3.30. The lowest BCUT2D eigenvalue weighted by Gasteiger charge is -1.99. The van der Waals surface area contributed by atoms with Crippen LogP contribution in [0, 0.1) is 6.92 Å². The van der Waals surface area contributed by atoms with Gasteiger partial charge in [0.2, 0.25) is 0 Å². The molecule has 0 unspecified atom stereocenters. The fourth-order valence-electron chi connectivity index (χ4n) is 3.26. The quantitative estimate of drug-likeness (QED) is 0.441. The van der Waals surface area contributed by atoms with Crippen molar-refractivity contribution in [1.82, 2.24) is 24.7 Å². The van der Waals surface area contributed by atoms with Crippen LogP contribution in [0.5, 0.6) is 0 Å². The van der Waals surface area contributed by atoms with Crippen LogP contribution in [-0.4, -0.2) is 30.6 Å². The standard InChI is InChI=1S/C20H16N6OS2/c1-11-17(13-5-3-4-6-14(13)23-11)15-10-28-20(24-15)25-18(27)16-8-21-19(29-16)12-7-22-26(2)9-12/h3-10,23H,1-2H3,(H,24,25,27). The number of amides is 1. The Morgan fingerprint density at radius 1 is 1.24 bits per heavy atom. The van der Waals surface area contributed by atoms with Gasteiger partial charge in [0, 0.05) is 46.3 Å². The molecule has 0 aliphatic carbocycles. The zero-order valence-corrected chi connectivity index (χ0v) is 17.3. The molecule has 0 fully saturated rings. The molecular formula is C20H16N6OS2. The van der Waals surface area contributed by atoms with E-state index in [1.54, 1.807) is 17.1 Å². The largest absolute Gasteiger partial charge is 0.358 e.